The first kappa shape index (κ1) is 10.4. The van der Waals surface area contributed by atoms with Crippen LogP contribution in [0.3, 0.4) is 0 Å². The van der Waals surface area contributed by atoms with E-state index in [4.69, 9.17) is 19.6 Å². The molecule has 0 aliphatic heterocycles. The van der Waals surface area contributed by atoms with E-state index in [-0.39, 0.29) is 0 Å². The molecular weight excluding hydrogens is 208 g/mol. The molecular formula is C11H12N2O3. The van der Waals surface area contributed by atoms with Gasteiger partial charge in [-0.1, -0.05) is 0 Å². The molecule has 0 bridgehead atoms. The number of nitrogen functional groups attached to an aromatic ring is 1. The lowest BCUT2D eigenvalue weighted by Gasteiger charge is -2.06. The first-order valence-corrected chi connectivity index (χ1v) is 4.75. The Morgan fingerprint density at radius 1 is 1.38 bits per heavy atom. The summed E-state index contributed by atoms with van der Waals surface area (Å²) in [6, 6.07) is 6.99. The van der Waals surface area contributed by atoms with Crippen molar-refractivity contribution in [3.05, 3.63) is 36.3 Å². The summed E-state index contributed by atoms with van der Waals surface area (Å²) in [5.41, 5.74) is 6.11. The quantitative estimate of drug-likeness (QED) is 0.851. The van der Waals surface area contributed by atoms with Crippen molar-refractivity contribution in [1.82, 2.24) is 4.98 Å². The second kappa shape index (κ2) is 4.57. The Labute approximate surface area is 92.8 Å². The Kier molecular flexibility index (Phi) is 2.95. The number of anilines is 1. The molecule has 2 aromatic rings. The number of furan rings is 1. The molecule has 2 rings (SSSR count). The van der Waals surface area contributed by atoms with Crippen LogP contribution in [0.15, 0.2) is 34.9 Å². The van der Waals surface area contributed by atoms with Crippen molar-refractivity contribution in [2.75, 3.05) is 12.8 Å². The highest BCUT2D eigenvalue weighted by molar-refractivity contribution is 5.49. The number of rotatable bonds is 4. The molecule has 2 heterocycles. The van der Waals surface area contributed by atoms with E-state index >= 15 is 0 Å². The molecule has 0 atom stereocenters. The maximum Gasteiger partial charge on any atom is 0.240 e. The Hall–Kier alpha value is -2.17. The van der Waals surface area contributed by atoms with E-state index in [9.17, 15) is 0 Å². The van der Waals surface area contributed by atoms with Gasteiger partial charge in [0.25, 0.3) is 0 Å². The molecule has 5 heteroatoms. The van der Waals surface area contributed by atoms with Crippen molar-refractivity contribution in [1.29, 1.82) is 0 Å². The molecule has 0 radical (unpaired) electrons. The van der Waals surface area contributed by atoms with E-state index in [1.54, 1.807) is 24.5 Å². The highest BCUT2D eigenvalue weighted by Gasteiger charge is 2.04. The summed E-state index contributed by atoms with van der Waals surface area (Å²) >= 11 is 0. The van der Waals surface area contributed by atoms with Crippen LogP contribution in [0, 0.1) is 0 Å². The summed E-state index contributed by atoms with van der Waals surface area (Å²) in [6.07, 6.45) is 1.59. The van der Waals surface area contributed by atoms with Crippen LogP contribution in [0.4, 0.5) is 5.69 Å². The van der Waals surface area contributed by atoms with Crippen LogP contribution in [0.25, 0.3) is 0 Å². The van der Waals surface area contributed by atoms with Gasteiger partial charge < -0.3 is 19.6 Å². The maximum absolute atomic E-state index is 5.63. The van der Waals surface area contributed by atoms with Gasteiger partial charge in [-0.3, -0.25) is 0 Å². The van der Waals surface area contributed by atoms with Crippen LogP contribution in [-0.4, -0.2) is 12.1 Å². The lowest BCUT2D eigenvalue weighted by Crippen LogP contribution is -2.00. The number of nitrogens with zero attached hydrogens (tertiary/aromatic N) is 1. The van der Waals surface area contributed by atoms with E-state index in [0.29, 0.717) is 24.1 Å². The molecule has 16 heavy (non-hydrogen) atoms. The summed E-state index contributed by atoms with van der Waals surface area (Å²) in [5, 5.41) is 0. The number of methoxy groups -OCH3 is 1. The zero-order valence-electron chi connectivity index (χ0n) is 8.84. The molecule has 0 spiro atoms. The number of hydrogen-bond acceptors (Lipinski definition) is 5. The Morgan fingerprint density at radius 3 is 2.94 bits per heavy atom. The van der Waals surface area contributed by atoms with Crippen molar-refractivity contribution >= 4 is 5.69 Å². The van der Waals surface area contributed by atoms with Gasteiger partial charge in [0.1, 0.15) is 12.4 Å². The van der Waals surface area contributed by atoms with Gasteiger partial charge in [0.15, 0.2) is 0 Å². The lowest BCUT2D eigenvalue weighted by molar-refractivity contribution is 0.256. The second-order valence-corrected chi connectivity index (χ2v) is 3.12. The fourth-order valence-corrected chi connectivity index (χ4v) is 1.22. The first-order chi connectivity index (χ1) is 7.79. The summed E-state index contributed by atoms with van der Waals surface area (Å²) in [5.74, 6) is 1.54. The van der Waals surface area contributed by atoms with E-state index in [2.05, 4.69) is 4.98 Å². The van der Waals surface area contributed by atoms with Crippen LogP contribution in [-0.2, 0) is 6.61 Å². The highest BCUT2D eigenvalue weighted by atomic mass is 16.5. The number of nitrogens with two attached hydrogens (primary N) is 1. The van der Waals surface area contributed by atoms with Gasteiger partial charge in [-0.25, -0.2) is 0 Å². The molecule has 0 amide bonds. The van der Waals surface area contributed by atoms with Crippen LogP contribution in [0.5, 0.6) is 11.8 Å². The lowest BCUT2D eigenvalue weighted by atomic mass is 10.4. The third-order valence-electron chi connectivity index (χ3n) is 2.00. The third kappa shape index (κ3) is 2.25. The minimum absolute atomic E-state index is 0.326. The Bertz CT molecular complexity index is 454. The topological polar surface area (TPSA) is 70.5 Å². The van der Waals surface area contributed by atoms with Gasteiger partial charge >= 0.3 is 0 Å². The Balaban J connectivity index is 2.04. The number of ether oxygens (including phenoxy) is 2. The largest absolute Gasteiger partial charge is 0.479 e. The van der Waals surface area contributed by atoms with Crippen LogP contribution in [0.1, 0.15) is 5.76 Å². The molecule has 0 aliphatic rings. The van der Waals surface area contributed by atoms with Crippen molar-refractivity contribution in [3.63, 3.8) is 0 Å². The zero-order valence-corrected chi connectivity index (χ0v) is 8.84. The molecule has 5 nitrogen and oxygen atoms in total. The second-order valence-electron chi connectivity index (χ2n) is 3.12. The van der Waals surface area contributed by atoms with Crippen LogP contribution >= 0.6 is 0 Å². The van der Waals surface area contributed by atoms with E-state index < -0.39 is 0 Å². The fraction of sp³-hybridized carbons (Fsp3) is 0.182. The SMILES string of the molecule is COc1nc(OCc2ccco2)ccc1N. The van der Waals surface area contributed by atoms with Gasteiger partial charge in [-0.2, -0.15) is 4.98 Å². The summed E-state index contributed by atoms with van der Waals surface area (Å²) < 4.78 is 15.5. The van der Waals surface area contributed by atoms with E-state index in [1.165, 1.54) is 7.11 Å². The van der Waals surface area contributed by atoms with Crippen molar-refractivity contribution < 1.29 is 13.9 Å². The molecule has 0 aliphatic carbocycles. The predicted molar refractivity (Wildman–Crippen MR) is 58.2 cm³/mol. The molecule has 2 N–H and O–H groups in total. The van der Waals surface area contributed by atoms with E-state index in [1.807, 2.05) is 6.07 Å². The minimum atomic E-state index is 0.326. The monoisotopic (exact) mass is 220 g/mol. The first-order valence-electron chi connectivity index (χ1n) is 4.75. The molecule has 0 fully saturated rings. The third-order valence-corrected chi connectivity index (χ3v) is 2.00. The molecule has 0 unspecified atom stereocenters. The molecule has 0 aromatic carbocycles. The smallest absolute Gasteiger partial charge is 0.240 e. The minimum Gasteiger partial charge on any atom is -0.479 e. The normalized spacial score (nSPS) is 10.1. The van der Waals surface area contributed by atoms with E-state index in [0.717, 1.165) is 5.76 Å². The van der Waals surface area contributed by atoms with Crippen molar-refractivity contribution in [3.8, 4) is 11.8 Å². The van der Waals surface area contributed by atoms with Crippen LogP contribution < -0.4 is 15.2 Å². The van der Waals surface area contributed by atoms with Gasteiger partial charge in [0.2, 0.25) is 11.8 Å². The molecule has 0 saturated heterocycles. The van der Waals surface area contributed by atoms with Crippen molar-refractivity contribution in [2.24, 2.45) is 0 Å². The number of hydrogen-bond donors (Lipinski definition) is 1. The van der Waals surface area contributed by atoms with Gasteiger partial charge in [-0.15, -0.1) is 0 Å². The number of pyridine rings is 1. The van der Waals surface area contributed by atoms with Gasteiger partial charge in [0.05, 0.1) is 19.1 Å². The molecule has 0 saturated carbocycles. The average molecular weight is 220 g/mol. The summed E-state index contributed by atoms with van der Waals surface area (Å²) in [6.45, 7) is 0.326. The standard InChI is InChI=1S/C11H12N2O3/c1-14-11-9(12)4-5-10(13-11)16-7-8-3-2-6-15-8/h2-6H,7,12H2,1H3. The Morgan fingerprint density at radius 2 is 2.25 bits per heavy atom. The number of aromatic nitrogens is 1. The van der Waals surface area contributed by atoms with Crippen LogP contribution in [0.2, 0.25) is 0 Å². The zero-order chi connectivity index (χ0) is 11.4. The van der Waals surface area contributed by atoms with Gasteiger partial charge in [-0.05, 0) is 18.2 Å². The summed E-state index contributed by atoms with van der Waals surface area (Å²) in [4.78, 5) is 4.08. The molecule has 2 aromatic heterocycles. The predicted octanol–water partition coefficient (Wildman–Crippen LogP) is 1.84. The van der Waals surface area contributed by atoms with Crippen molar-refractivity contribution in [2.45, 2.75) is 6.61 Å². The average Bonchev–Trinajstić information content (AvgIpc) is 2.81. The van der Waals surface area contributed by atoms with Gasteiger partial charge in [0, 0.05) is 6.07 Å². The molecule has 84 valence electrons. The summed E-state index contributed by atoms with van der Waals surface area (Å²) in [7, 11) is 1.51. The fourth-order valence-electron chi connectivity index (χ4n) is 1.22. The maximum atomic E-state index is 5.63. The highest BCUT2D eigenvalue weighted by Crippen LogP contribution is 2.22.